The van der Waals surface area contributed by atoms with Crippen molar-refractivity contribution in [2.45, 2.75) is 71.4 Å². The Labute approximate surface area is 295 Å². The van der Waals surface area contributed by atoms with Gasteiger partial charge in [-0.1, -0.05) is 48.5 Å². The number of rotatable bonds is 12. The van der Waals surface area contributed by atoms with Crippen LogP contribution in [0, 0.1) is 18.6 Å². The molecule has 15 heteroatoms. The zero-order valence-corrected chi connectivity index (χ0v) is 29.1. The normalized spacial score (nSPS) is 12.3. The molecule has 10 nitrogen and oxygen atoms in total. The molecule has 4 rings (SSSR count). The van der Waals surface area contributed by atoms with Crippen molar-refractivity contribution >= 4 is 12.1 Å². The summed E-state index contributed by atoms with van der Waals surface area (Å²) < 4.78 is 85.4. The molecule has 0 spiro atoms. The molecule has 0 fully saturated rings. The summed E-state index contributed by atoms with van der Waals surface area (Å²) in [6.45, 7) is 4.18. The number of aliphatic carboxylic acids is 1. The highest BCUT2D eigenvalue weighted by molar-refractivity contribution is 5.70. The zero-order chi connectivity index (χ0) is 38.5. The topological polar surface area (TPSA) is 120 Å². The molecule has 278 valence electrons. The van der Waals surface area contributed by atoms with Gasteiger partial charge in [0.2, 0.25) is 0 Å². The molecule has 0 unspecified atom stereocenters. The molecule has 1 aromatic heterocycles. The number of methoxy groups -OCH3 is 1. The highest BCUT2D eigenvalue weighted by Gasteiger charge is 2.36. The minimum atomic E-state index is -5.02. The molecular weight excluding hydrogens is 693 g/mol. The van der Waals surface area contributed by atoms with Gasteiger partial charge < -0.3 is 14.6 Å². The fourth-order valence-electron chi connectivity index (χ4n) is 5.79. The number of carbonyl (C=O) groups excluding carboxylic acids is 1. The van der Waals surface area contributed by atoms with E-state index in [-0.39, 0.29) is 36.4 Å². The molecule has 0 saturated heterocycles. The second-order valence-corrected chi connectivity index (χ2v) is 12.9. The van der Waals surface area contributed by atoms with Gasteiger partial charge in [0, 0.05) is 29.8 Å². The van der Waals surface area contributed by atoms with E-state index in [0.29, 0.717) is 16.2 Å². The highest BCUT2D eigenvalue weighted by Crippen LogP contribution is 2.35. The van der Waals surface area contributed by atoms with E-state index in [4.69, 9.17) is 9.47 Å². The lowest BCUT2D eigenvalue weighted by atomic mass is 10.0. The number of hydrogen-bond acceptors (Lipinski definition) is 6. The Bertz CT molecular complexity index is 2050. The van der Waals surface area contributed by atoms with Crippen LogP contribution >= 0.6 is 0 Å². The lowest BCUT2D eigenvalue weighted by Gasteiger charge is -2.34. The average molecular weight is 732 g/mol. The van der Waals surface area contributed by atoms with Gasteiger partial charge in [0.1, 0.15) is 11.4 Å². The molecule has 1 heterocycles. The van der Waals surface area contributed by atoms with E-state index in [2.05, 4.69) is 0 Å². The van der Waals surface area contributed by atoms with Crippen molar-refractivity contribution in [1.82, 2.24) is 14.0 Å². The smallest absolute Gasteiger partial charge is 0.416 e. The molecule has 0 aliphatic heterocycles. The van der Waals surface area contributed by atoms with E-state index in [9.17, 15) is 37.5 Å². The number of benzene rings is 3. The van der Waals surface area contributed by atoms with Crippen molar-refractivity contribution in [3.63, 3.8) is 0 Å². The van der Waals surface area contributed by atoms with Gasteiger partial charge in [0.25, 0.3) is 5.56 Å². The number of alkyl halides is 3. The van der Waals surface area contributed by atoms with Crippen LogP contribution in [0.15, 0.2) is 76.3 Å². The Hall–Kier alpha value is -5.47. The Morgan fingerprint density at radius 3 is 2.17 bits per heavy atom. The number of amides is 1. The van der Waals surface area contributed by atoms with Crippen LogP contribution in [0.25, 0.3) is 11.1 Å². The maximum absolute atomic E-state index is 15.8. The summed E-state index contributed by atoms with van der Waals surface area (Å²) in [6, 6.07) is 13.1. The van der Waals surface area contributed by atoms with E-state index in [1.165, 1.54) is 32.2 Å². The standard InChI is InChI=1S/C37H38F5N3O7/c1-22-31(24-14-9-17-29(51-5)32(24)39)33(48)45(34(49)44(22)20-25-26(37(40,41)42)15-10-16-27(25)38)21-28(23-12-7-6-8-13-23)43(19-11-18-30(46)47)35(50)52-36(2,3)4/h6-10,12-17,28H,11,18-21H2,1-5H3,(H,46,47)/t28-/m0/s1. The molecule has 0 aliphatic rings. The van der Waals surface area contributed by atoms with Crippen molar-refractivity contribution in [2.24, 2.45) is 0 Å². The molecule has 4 aromatic rings. The number of carboxylic acids is 1. The molecule has 1 atom stereocenters. The SMILES string of the molecule is COc1cccc(-c2c(C)n(Cc3c(F)cccc3C(F)(F)F)c(=O)n(C[C@@H](c3ccccc3)N(CCCC(=O)O)C(=O)OC(C)(C)C)c2=O)c1F. The van der Waals surface area contributed by atoms with Crippen molar-refractivity contribution in [3.05, 3.63) is 122 Å². The summed E-state index contributed by atoms with van der Waals surface area (Å²) in [4.78, 5) is 55.1. The second-order valence-electron chi connectivity index (χ2n) is 12.9. The van der Waals surface area contributed by atoms with Crippen LogP contribution in [0.1, 0.15) is 62.0 Å². The van der Waals surface area contributed by atoms with Gasteiger partial charge in [0.15, 0.2) is 11.6 Å². The van der Waals surface area contributed by atoms with E-state index in [1.807, 2.05) is 0 Å². The van der Waals surface area contributed by atoms with Crippen molar-refractivity contribution < 1.29 is 46.1 Å². The largest absolute Gasteiger partial charge is 0.494 e. The van der Waals surface area contributed by atoms with Crippen LogP contribution in [-0.4, -0.2) is 50.5 Å². The second kappa shape index (κ2) is 15.8. The summed E-state index contributed by atoms with van der Waals surface area (Å²) in [6.07, 6.45) is -6.33. The number of ether oxygens (including phenoxy) is 2. The Morgan fingerprint density at radius 1 is 0.923 bits per heavy atom. The molecule has 0 radical (unpaired) electrons. The molecule has 3 aromatic carbocycles. The number of aromatic nitrogens is 2. The van der Waals surface area contributed by atoms with Gasteiger partial charge >= 0.3 is 23.9 Å². The quantitative estimate of drug-likeness (QED) is 0.153. The van der Waals surface area contributed by atoms with Gasteiger partial charge in [-0.25, -0.2) is 18.4 Å². The first kappa shape index (κ1) is 39.3. The van der Waals surface area contributed by atoms with E-state index >= 15 is 8.78 Å². The fraction of sp³-hybridized carbons (Fsp3) is 0.351. The highest BCUT2D eigenvalue weighted by atomic mass is 19.4. The molecule has 0 saturated carbocycles. The average Bonchev–Trinajstić information content (AvgIpc) is 3.06. The van der Waals surface area contributed by atoms with E-state index in [0.717, 1.165) is 21.6 Å². The molecule has 0 aliphatic carbocycles. The minimum Gasteiger partial charge on any atom is -0.494 e. The minimum absolute atomic E-state index is 0.0568. The molecule has 1 amide bonds. The lowest BCUT2D eigenvalue weighted by Crippen LogP contribution is -2.47. The molecule has 1 N–H and O–H groups in total. The first-order valence-electron chi connectivity index (χ1n) is 16.1. The van der Waals surface area contributed by atoms with Crippen molar-refractivity contribution in [3.8, 4) is 16.9 Å². The number of carbonyl (C=O) groups is 2. The first-order valence-corrected chi connectivity index (χ1v) is 16.1. The van der Waals surface area contributed by atoms with Crippen LogP contribution in [0.2, 0.25) is 0 Å². The summed E-state index contributed by atoms with van der Waals surface area (Å²) in [5.41, 5.74) is -6.19. The summed E-state index contributed by atoms with van der Waals surface area (Å²) in [5, 5.41) is 9.32. The summed E-state index contributed by atoms with van der Waals surface area (Å²) >= 11 is 0. The summed E-state index contributed by atoms with van der Waals surface area (Å²) in [7, 11) is 1.19. The lowest BCUT2D eigenvalue weighted by molar-refractivity contribution is -0.139. The zero-order valence-electron chi connectivity index (χ0n) is 29.1. The number of hydrogen-bond donors (Lipinski definition) is 1. The third-order valence-electron chi connectivity index (χ3n) is 8.21. The number of nitrogens with zero attached hydrogens (tertiary/aromatic N) is 3. The van der Waals surface area contributed by atoms with Crippen molar-refractivity contribution in [2.75, 3.05) is 13.7 Å². The third-order valence-corrected chi connectivity index (χ3v) is 8.21. The predicted octanol–water partition coefficient (Wildman–Crippen LogP) is 7.18. The first-order chi connectivity index (χ1) is 24.4. The predicted molar refractivity (Wildman–Crippen MR) is 181 cm³/mol. The van der Waals surface area contributed by atoms with Crippen LogP contribution in [0.4, 0.5) is 26.7 Å². The Balaban J connectivity index is 2.05. The van der Waals surface area contributed by atoms with Crippen LogP contribution in [0.5, 0.6) is 5.75 Å². The van der Waals surface area contributed by atoms with Gasteiger partial charge in [-0.05, 0) is 57.9 Å². The molecule has 52 heavy (non-hydrogen) atoms. The molecular formula is C37H38F5N3O7. The van der Waals surface area contributed by atoms with Crippen molar-refractivity contribution in [1.29, 1.82) is 0 Å². The monoisotopic (exact) mass is 731 g/mol. The molecule has 0 bridgehead atoms. The number of carboxylic acid groups (broad SMARTS) is 1. The summed E-state index contributed by atoms with van der Waals surface area (Å²) in [5.74, 6) is -3.70. The van der Waals surface area contributed by atoms with Gasteiger partial charge in [-0.2, -0.15) is 13.2 Å². The Kier molecular flexibility index (Phi) is 12.0. The fourth-order valence-corrected chi connectivity index (χ4v) is 5.79. The van der Waals surface area contributed by atoms with E-state index < -0.39 is 82.5 Å². The maximum atomic E-state index is 15.8. The van der Waals surface area contributed by atoms with Gasteiger partial charge in [0.05, 0.1) is 37.4 Å². The van der Waals surface area contributed by atoms with E-state index in [1.54, 1.807) is 51.1 Å². The Morgan fingerprint density at radius 2 is 1.58 bits per heavy atom. The van der Waals surface area contributed by atoms with Gasteiger partial charge in [-0.3, -0.25) is 23.6 Å². The number of halogens is 5. The third kappa shape index (κ3) is 8.87. The maximum Gasteiger partial charge on any atom is 0.416 e. The van der Waals surface area contributed by atoms with Crippen LogP contribution in [-0.2, 0) is 28.8 Å². The van der Waals surface area contributed by atoms with Crippen LogP contribution in [0.3, 0.4) is 0 Å². The van der Waals surface area contributed by atoms with Gasteiger partial charge in [-0.15, -0.1) is 0 Å². The van der Waals surface area contributed by atoms with Crippen LogP contribution < -0.4 is 16.0 Å².